The van der Waals surface area contributed by atoms with Crippen molar-refractivity contribution in [2.24, 2.45) is 10.9 Å². The molecule has 0 atom stereocenters. The summed E-state index contributed by atoms with van der Waals surface area (Å²) in [6.45, 7) is 1.87. The molecule has 2 N–H and O–H groups in total. The van der Waals surface area contributed by atoms with Crippen LogP contribution in [0.4, 0.5) is 0 Å². The zero-order chi connectivity index (χ0) is 4.99. The standard InChI is InChI=1S/C3H8N2S/c1-3(5-4)6-2/h4H2,1-2H3. The highest BCUT2D eigenvalue weighted by molar-refractivity contribution is 8.13. The number of rotatable bonds is 0. The van der Waals surface area contributed by atoms with Crippen LogP contribution in [0, 0.1) is 0 Å². The average molecular weight is 104 g/mol. The van der Waals surface area contributed by atoms with E-state index in [1.165, 1.54) is 0 Å². The molecule has 0 bridgehead atoms. The molecule has 0 saturated heterocycles. The van der Waals surface area contributed by atoms with Crippen LogP contribution < -0.4 is 5.84 Å². The van der Waals surface area contributed by atoms with Crippen LogP contribution in [0.2, 0.25) is 0 Å². The molecule has 0 aliphatic heterocycles. The van der Waals surface area contributed by atoms with Gasteiger partial charge in [0.05, 0.1) is 5.04 Å². The summed E-state index contributed by atoms with van der Waals surface area (Å²) in [6.07, 6.45) is 1.94. The van der Waals surface area contributed by atoms with Crippen molar-refractivity contribution in [1.82, 2.24) is 0 Å². The summed E-state index contributed by atoms with van der Waals surface area (Å²) in [5.74, 6) is 4.85. The molecule has 0 fully saturated rings. The number of hydrogen-bond donors (Lipinski definition) is 1. The zero-order valence-electron chi connectivity index (χ0n) is 3.93. The highest BCUT2D eigenvalue weighted by Crippen LogP contribution is 1.91. The summed E-state index contributed by atoms with van der Waals surface area (Å²) in [5, 5.41) is 4.30. The maximum Gasteiger partial charge on any atom is 0.0895 e. The fraction of sp³-hybridized carbons (Fsp3) is 0.667. The summed E-state index contributed by atoms with van der Waals surface area (Å²) < 4.78 is 0. The molecule has 0 aromatic heterocycles. The van der Waals surface area contributed by atoms with Gasteiger partial charge in [-0.25, -0.2) is 0 Å². The predicted molar refractivity (Wildman–Crippen MR) is 30.8 cm³/mol. The fourth-order valence-electron chi connectivity index (χ4n) is 0.0527. The lowest BCUT2D eigenvalue weighted by Gasteiger charge is -1.83. The smallest absolute Gasteiger partial charge is 0.0895 e. The fourth-order valence-corrected chi connectivity index (χ4v) is 0.158. The first-order chi connectivity index (χ1) is 2.81. The van der Waals surface area contributed by atoms with Gasteiger partial charge in [-0.05, 0) is 13.2 Å². The Morgan fingerprint density at radius 3 is 2.33 bits per heavy atom. The quantitative estimate of drug-likeness (QED) is 0.212. The van der Waals surface area contributed by atoms with Gasteiger partial charge in [-0.3, -0.25) is 0 Å². The minimum absolute atomic E-state index is 0.912. The van der Waals surface area contributed by atoms with Crippen LogP contribution in [-0.2, 0) is 0 Å². The van der Waals surface area contributed by atoms with Crippen molar-refractivity contribution in [3.05, 3.63) is 0 Å². The Morgan fingerprint density at radius 1 is 1.83 bits per heavy atom. The SMILES string of the molecule is CSC(C)=NN. The number of hydrazone groups is 1. The lowest BCUT2D eigenvalue weighted by atomic mass is 10.9. The lowest BCUT2D eigenvalue weighted by Crippen LogP contribution is -1.87. The van der Waals surface area contributed by atoms with E-state index in [1.807, 2.05) is 13.2 Å². The lowest BCUT2D eigenvalue weighted by molar-refractivity contribution is 1.26. The van der Waals surface area contributed by atoms with Gasteiger partial charge in [0, 0.05) is 0 Å². The molecule has 0 saturated carbocycles. The van der Waals surface area contributed by atoms with E-state index in [0.717, 1.165) is 5.04 Å². The van der Waals surface area contributed by atoms with Crippen LogP contribution in [0.5, 0.6) is 0 Å². The summed E-state index contributed by atoms with van der Waals surface area (Å²) in [4.78, 5) is 0. The second kappa shape index (κ2) is 3.03. The normalized spacial score (nSPS) is 12.0. The van der Waals surface area contributed by atoms with Crippen molar-refractivity contribution in [3.63, 3.8) is 0 Å². The van der Waals surface area contributed by atoms with Gasteiger partial charge in [-0.15, -0.1) is 11.8 Å². The Labute approximate surface area is 41.8 Å². The van der Waals surface area contributed by atoms with E-state index in [-0.39, 0.29) is 0 Å². The second-order valence-corrected chi connectivity index (χ2v) is 1.85. The monoisotopic (exact) mass is 104 g/mol. The van der Waals surface area contributed by atoms with Gasteiger partial charge in [0.2, 0.25) is 0 Å². The predicted octanol–water partition coefficient (Wildman–Crippen LogP) is 0.642. The first-order valence-corrected chi connectivity index (χ1v) is 2.82. The molecule has 0 unspecified atom stereocenters. The van der Waals surface area contributed by atoms with Crippen LogP contribution in [0.1, 0.15) is 6.92 Å². The minimum Gasteiger partial charge on any atom is -0.323 e. The number of hydrogen-bond acceptors (Lipinski definition) is 3. The maximum absolute atomic E-state index is 4.85. The average Bonchev–Trinajstić information content (AvgIpc) is 1.65. The second-order valence-electron chi connectivity index (χ2n) is 0.852. The molecule has 2 nitrogen and oxygen atoms in total. The molecule has 0 aliphatic carbocycles. The molecule has 0 aromatic carbocycles. The van der Waals surface area contributed by atoms with Crippen LogP contribution in [0.25, 0.3) is 0 Å². The van der Waals surface area contributed by atoms with Crippen molar-refractivity contribution in [3.8, 4) is 0 Å². The van der Waals surface area contributed by atoms with Crippen molar-refractivity contribution >= 4 is 16.8 Å². The third-order valence-corrected chi connectivity index (χ3v) is 1.17. The van der Waals surface area contributed by atoms with E-state index < -0.39 is 0 Å². The van der Waals surface area contributed by atoms with E-state index in [1.54, 1.807) is 11.8 Å². The van der Waals surface area contributed by atoms with Crippen LogP contribution >= 0.6 is 11.8 Å². The van der Waals surface area contributed by atoms with Crippen molar-refractivity contribution < 1.29 is 0 Å². The molecule has 0 heterocycles. The molecule has 36 valence electrons. The topological polar surface area (TPSA) is 38.4 Å². The van der Waals surface area contributed by atoms with Gasteiger partial charge in [-0.2, -0.15) is 5.10 Å². The Morgan fingerprint density at radius 2 is 2.33 bits per heavy atom. The number of nitrogens with zero attached hydrogens (tertiary/aromatic N) is 1. The van der Waals surface area contributed by atoms with E-state index in [9.17, 15) is 0 Å². The molecule has 0 rings (SSSR count). The Bertz CT molecular complexity index is 59.8. The number of nitrogens with two attached hydrogens (primary N) is 1. The van der Waals surface area contributed by atoms with E-state index in [2.05, 4.69) is 5.10 Å². The van der Waals surface area contributed by atoms with E-state index >= 15 is 0 Å². The number of thioether (sulfide) groups is 1. The Hall–Kier alpha value is -0.180. The van der Waals surface area contributed by atoms with Crippen molar-refractivity contribution in [1.29, 1.82) is 0 Å². The van der Waals surface area contributed by atoms with Crippen molar-refractivity contribution in [2.45, 2.75) is 6.92 Å². The molecule has 6 heavy (non-hydrogen) atoms. The third kappa shape index (κ3) is 2.08. The molecule has 3 heteroatoms. The molecule has 0 radical (unpaired) electrons. The van der Waals surface area contributed by atoms with Gasteiger partial charge in [0.15, 0.2) is 0 Å². The van der Waals surface area contributed by atoms with Crippen LogP contribution in [-0.4, -0.2) is 11.3 Å². The molecule has 0 amide bonds. The van der Waals surface area contributed by atoms with Gasteiger partial charge in [-0.1, -0.05) is 0 Å². The van der Waals surface area contributed by atoms with Gasteiger partial charge < -0.3 is 5.84 Å². The van der Waals surface area contributed by atoms with Gasteiger partial charge in [0.1, 0.15) is 0 Å². The highest BCUT2D eigenvalue weighted by Gasteiger charge is 1.76. The summed E-state index contributed by atoms with van der Waals surface area (Å²) in [6, 6.07) is 0. The van der Waals surface area contributed by atoms with E-state index in [0.29, 0.717) is 0 Å². The minimum atomic E-state index is 0.912. The van der Waals surface area contributed by atoms with Crippen LogP contribution in [0.3, 0.4) is 0 Å². The van der Waals surface area contributed by atoms with Crippen LogP contribution in [0.15, 0.2) is 5.10 Å². The maximum atomic E-state index is 4.85. The highest BCUT2D eigenvalue weighted by atomic mass is 32.2. The summed E-state index contributed by atoms with van der Waals surface area (Å²) in [7, 11) is 0. The Balaban J connectivity index is 3.22. The third-order valence-electron chi connectivity index (χ3n) is 0.477. The van der Waals surface area contributed by atoms with Gasteiger partial charge >= 0.3 is 0 Å². The molecular formula is C3H8N2S. The first-order valence-electron chi connectivity index (χ1n) is 1.59. The van der Waals surface area contributed by atoms with Gasteiger partial charge in [0.25, 0.3) is 0 Å². The summed E-state index contributed by atoms with van der Waals surface area (Å²) in [5.41, 5.74) is 0. The largest absolute Gasteiger partial charge is 0.323 e. The molecule has 0 aromatic rings. The zero-order valence-corrected chi connectivity index (χ0v) is 4.75. The molecule has 0 aliphatic rings. The molecular weight excluding hydrogens is 96.1 g/mol. The first kappa shape index (κ1) is 5.82. The Kier molecular flexibility index (Phi) is 2.94. The van der Waals surface area contributed by atoms with E-state index in [4.69, 9.17) is 5.84 Å². The molecule has 0 spiro atoms. The summed E-state index contributed by atoms with van der Waals surface area (Å²) >= 11 is 1.55. The van der Waals surface area contributed by atoms with Crippen molar-refractivity contribution in [2.75, 3.05) is 6.26 Å².